The van der Waals surface area contributed by atoms with Crippen LogP contribution in [0.25, 0.3) is 6.08 Å². The second-order valence-electron chi connectivity index (χ2n) is 6.89. The minimum Gasteiger partial charge on any atom is -0.484 e. The van der Waals surface area contributed by atoms with Gasteiger partial charge in [0.2, 0.25) is 0 Å². The zero-order valence-corrected chi connectivity index (χ0v) is 17.3. The number of hydrogen-bond donors (Lipinski definition) is 1. The number of benzene rings is 2. The summed E-state index contributed by atoms with van der Waals surface area (Å²) in [5, 5.41) is 2.60. The van der Waals surface area contributed by atoms with E-state index in [1.807, 2.05) is 24.3 Å². The molecule has 29 heavy (non-hydrogen) atoms. The first-order valence-electron chi connectivity index (χ1n) is 9.18. The van der Waals surface area contributed by atoms with Crippen LogP contribution in [0.2, 0.25) is 0 Å². The zero-order chi connectivity index (χ0) is 21.0. The van der Waals surface area contributed by atoms with Gasteiger partial charge < -0.3 is 10.1 Å². The number of imide groups is 1. The second kappa shape index (κ2) is 8.96. The molecular formula is C22H22N2O4S. The van der Waals surface area contributed by atoms with Crippen molar-refractivity contribution >= 4 is 40.6 Å². The molecule has 0 radical (unpaired) electrons. The Labute approximate surface area is 173 Å². The lowest BCUT2D eigenvalue weighted by Gasteiger charge is -2.14. The number of carbonyl (C=O) groups excluding carboxylic acids is 3. The van der Waals surface area contributed by atoms with Gasteiger partial charge in [-0.25, -0.2) is 0 Å². The Bertz CT molecular complexity index is 967. The smallest absolute Gasteiger partial charge is 0.293 e. The predicted molar refractivity (Wildman–Crippen MR) is 115 cm³/mol. The highest BCUT2D eigenvalue weighted by Crippen LogP contribution is 2.31. The Morgan fingerprint density at radius 3 is 2.45 bits per heavy atom. The average Bonchev–Trinajstić information content (AvgIpc) is 2.94. The van der Waals surface area contributed by atoms with Gasteiger partial charge in [0.25, 0.3) is 17.1 Å². The summed E-state index contributed by atoms with van der Waals surface area (Å²) in [5.74, 6) is 0.296. The number of likely N-dealkylation sites (N-methyl/N-ethyl adjacent to an activating group) is 1. The van der Waals surface area contributed by atoms with Crippen LogP contribution >= 0.6 is 11.8 Å². The van der Waals surface area contributed by atoms with Crippen molar-refractivity contribution in [2.45, 2.75) is 19.8 Å². The largest absolute Gasteiger partial charge is 0.484 e. The number of thioether (sulfide) groups is 1. The third kappa shape index (κ3) is 5.06. The SMILES string of the molecule is CC(C)c1ccccc1NC(=O)COc1ccc(/C=C2/SC(=O)N(C)C2=O)cc1. The maximum Gasteiger partial charge on any atom is 0.293 e. The van der Waals surface area contributed by atoms with Crippen molar-refractivity contribution < 1.29 is 19.1 Å². The Balaban J connectivity index is 1.58. The molecule has 6 nitrogen and oxygen atoms in total. The van der Waals surface area contributed by atoms with Gasteiger partial charge in [-0.1, -0.05) is 44.2 Å². The van der Waals surface area contributed by atoms with Gasteiger partial charge in [0.05, 0.1) is 4.91 Å². The van der Waals surface area contributed by atoms with Crippen molar-refractivity contribution in [3.63, 3.8) is 0 Å². The van der Waals surface area contributed by atoms with E-state index in [4.69, 9.17) is 4.74 Å². The quantitative estimate of drug-likeness (QED) is 0.710. The van der Waals surface area contributed by atoms with Crippen LogP contribution in [-0.2, 0) is 9.59 Å². The van der Waals surface area contributed by atoms with Crippen molar-refractivity contribution in [1.29, 1.82) is 0 Å². The molecule has 0 atom stereocenters. The van der Waals surface area contributed by atoms with Crippen molar-refractivity contribution in [3.05, 3.63) is 64.6 Å². The molecule has 2 aromatic carbocycles. The van der Waals surface area contributed by atoms with E-state index in [1.165, 1.54) is 7.05 Å². The molecule has 2 aromatic rings. The van der Waals surface area contributed by atoms with E-state index in [0.717, 1.165) is 33.5 Å². The fourth-order valence-electron chi connectivity index (χ4n) is 2.81. The lowest BCUT2D eigenvalue weighted by atomic mass is 10.0. The molecule has 1 fully saturated rings. The lowest BCUT2D eigenvalue weighted by Crippen LogP contribution is -2.22. The molecule has 1 aliphatic rings. The second-order valence-corrected chi connectivity index (χ2v) is 7.88. The first-order chi connectivity index (χ1) is 13.8. The Morgan fingerprint density at radius 2 is 1.83 bits per heavy atom. The van der Waals surface area contributed by atoms with E-state index in [9.17, 15) is 14.4 Å². The molecule has 7 heteroatoms. The van der Waals surface area contributed by atoms with E-state index >= 15 is 0 Å². The van der Waals surface area contributed by atoms with Gasteiger partial charge in [0.1, 0.15) is 5.75 Å². The summed E-state index contributed by atoms with van der Waals surface area (Å²) >= 11 is 0.913. The van der Waals surface area contributed by atoms with Crippen LogP contribution in [0.4, 0.5) is 10.5 Å². The molecule has 1 N–H and O–H groups in total. The van der Waals surface area contributed by atoms with Gasteiger partial charge in [0.15, 0.2) is 6.61 Å². The molecule has 3 rings (SSSR count). The minimum absolute atomic E-state index is 0.111. The van der Waals surface area contributed by atoms with E-state index in [0.29, 0.717) is 16.6 Å². The monoisotopic (exact) mass is 410 g/mol. The van der Waals surface area contributed by atoms with Crippen LogP contribution in [0.1, 0.15) is 30.9 Å². The Kier molecular flexibility index (Phi) is 6.39. The molecule has 0 bridgehead atoms. The number of nitrogens with zero attached hydrogens (tertiary/aromatic N) is 1. The third-order valence-electron chi connectivity index (χ3n) is 4.39. The van der Waals surface area contributed by atoms with Gasteiger partial charge >= 0.3 is 0 Å². The van der Waals surface area contributed by atoms with Crippen LogP contribution in [0.5, 0.6) is 5.75 Å². The molecule has 0 aromatic heterocycles. The van der Waals surface area contributed by atoms with Crippen molar-refractivity contribution in [2.75, 3.05) is 19.0 Å². The summed E-state index contributed by atoms with van der Waals surface area (Å²) in [7, 11) is 1.46. The number of nitrogens with one attached hydrogen (secondary N) is 1. The van der Waals surface area contributed by atoms with Gasteiger partial charge in [-0.05, 0) is 53.1 Å². The number of rotatable bonds is 6. The standard InChI is InChI=1S/C22H22N2O4S/c1-14(2)17-6-4-5-7-18(17)23-20(25)13-28-16-10-8-15(9-11-16)12-19-21(26)24(3)22(27)29-19/h4-12,14H,13H2,1-3H3,(H,23,25)/b19-12+. The van der Waals surface area contributed by atoms with E-state index in [2.05, 4.69) is 19.2 Å². The van der Waals surface area contributed by atoms with Crippen molar-refractivity contribution in [3.8, 4) is 5.75 Å². The zero-order valence-electron chi connectivity index (χ0n) is 16.5. The van der Waals surface area contributed by atoms with Crippen LogP contribution in [0.15, 0.2) is 53.4 Å². The molecule has 1 aliphatic heterocycles. The Hall–Kier alpha value is -3.06. The number of amides is 3. The summed E-state index contributed by atoms with van der Waals surface area (Å²) in [6.07, 6.45) is 1.66. The third-order valence-corrected chi connectivity index (χ3v) is 5.35. The van der Waals surface area contributed by atoms with Crippen LogP contribution in [0, 0.1) is 0 Å². The van der Waals surface area contributed by atoms with Gasteiger partial charge in [-0.3, -0.25) is 19.3 Å². The summed E-state index contributed by atoms with van der Waals surface area (Å²) < 4.78 is 5.55. The molecule has 150 valence electrons. The molecule has 0 aliphatic carbocycles. The highest BCUT2D eigenvalue weighted by molar-refractivity contribution is 8.18. The molecule has 1 heterocycles. The van der Waals surface area contributed by atoms with E-state index in [-0.39, 0.29) is 23.7 Å². The number of ether oxygens (including phenoxy) is 1. The summed E-state index contributed by atoms with van der Waals surface area (Å²) in [6.45, 7) is 4.04. The first kappa shape index (κ1) is 20.7. The van der Waals surface area contributed by atoms with Crippen LogP contribution < -0.4 is 10.1 Å². The summed E-state index contributed by atoms with van der Waals surface area (Å²) in [5.41, 5.74) is 2.63. The first-order valence-corrected chi connectivity index (χ1v) is 10.00. The van der Waals surface area contributed by atoms with Crippen molar-refractivity contribution in [1.82, 2.24) is 4.90 Å². The minimum atomic E-state index is -0.307. The number of anilines is 1. The van der Waals surface area contributed by atoms with Gasteiger partial charge in [-0.2, -0.15) is 0 Å². The van der Waals surface area contributed by atoms with Crippen molar-refractivity contribution in [2.24, 2.45) is 0 Å². The predicted octanol–water partition coefficient (Wildman–Crippen LogP) is 4.49. The maximum atomic E-state index is 12.2. The highest BCUT2D eigenvalue weighted by atomic mass is 32.2. The molecule has 0 spiro atoms. The fourth-order valence-corrected chi connectivity index (χ4v) is 3.63. The van der Waals surface area contributed by atoms with Gasteiger partial charge in [-0.15, -0.1) is 0 Å². The highest BCUT2D eigenvalue weighted by Gasteiger charge is 2.31. The molecule has 0 unspecified atom stereocenters. The van der Waals surface area contributed by atoms with Crippen LogP contribution in [-0.4, -0.2) is 35.6 Å². The molecule has 1 saturated heterocycles. The normalized spacial score (nSPS) is 15.3. The van der Waals surface area contributed by atoms with Crippen LogP contribution in [0.3, 0.4) is 0 Å². The maximum absolute atomic E-state index is 12.2. The number of carbonyl (C=O) groups is 3. The summed E-state index contributed by atoms with van der Waals surface area (Å²) in [6, 6.07) is 14.7. The summed E-state index contributed by atoms with van der Waals surface area (Å²) in [4.78, 5) is 37.2. The van der Waals surface area contributed by atoms with E-state index < -0.39 is 0 Å². The van der Waals surface area contributed by atoms with E-state index in [1.54, 1.807) is 30.3 Å². The average molecular weight is 410 g/mol. The number of para-hydroxylation sites is 1. The fraction of sp³-hybridized carbons (Fsp3) is 0.227. The molecule has 0 saturated carbocycles. The topological polar surface area (TPSA) is 75.7 Å². The molecule has 3 amide bonds. The lowest BCUT2D eigenvalue weighted by molar-refractivity contribution is -0.121. The van der Waals surface area contributed by atoms with Gasteiger partial charge in [0, 0.05) is 12.7 Å². The number of hydrogen-bond acceptors (Lipinski definition) is 5. The Morgan fingerprint density at radius 1 is 1.14 bits per heavy atom. The molecular weight excluding hydrogens is 388 g/mol.